The number of phenols is 1. The number of aryl methyl sites for hydroxylation is 1. The van der Waals surface area contributed by atoms with Gasteiger partial charge in [0.15, 0.2) is 5.89 Å². The molecule has 2 aromatic rings. The molecule has 17 heavy (non-hydrogen) atoms. The van der Waals surface area contributed by atoms with E-state index in [0.717, 1.165) is 18.2 Å². The summed E-state index contributed by atoms with van der Waals surface area (Å²) in [4.78, 5) is 3.87. The quantitative estimate of drug-likeness (QED) is 0.835. The number of hydrogen-bond donors (Lipinski definition) is 1. The van der Waals surface area contributed by atoms with Crippen LogP contribution in [-0.2, 0) is 6.18 Å². The molecule has 0 unspecified atom stereocenters. The van der Waals surface area contributed by atoms with E-state index < -0.39 is 11.7 Å². The minimum Gasteiger partial charge on any atom is -0.507 e. The number of oxazole rings is 1. The number of phenolic OH excluding ortho intramolecular Hbond substituents is 1. The average Bonchev–Trinajstić information content (AvgIpc) is 2.63. The van der Waals surface area contributed by atoms with Gasteiger partial charge in [-0.05, 0) is 18.2 Å². The van der Waals surface area contributed by atoms with Gasteiger partial charge in [-0.15, -0.1) is 0 Å². The second kappa shape index (κ2) is 3.80. The first-order valence-electron chi connectivity index (χ1n) is 4.70. The van der Waals surface area contributed by atoms with E-state index in [4.69, 9.17) is 4.42 Å². The summed E-state index contributed by atoms with van der Waals surface area (Å²) in [6, 6.07) is 2.64. The van der Waals surface area contributed by atoms with Gasteiger partial charge >= 0.3 is 6.18 Å². The van der Waals surface area contributed by atoms with Gasteiger partial charge in [-0.1, -0.05) is 0 Å². The topological polar surface area (TPSA) is 46.3 Å². The number of nitrogens with zero attached hydrogens (tertiary/aromatic N) is 1. The van der Waals surface area contributed by atoms with Crippen molar-refractivity contribution >= 4 is 0 Å². The molecule has 0 bridgehead atoms. The fourth-order valence-electron chi connectivity index (χ4n) is 1.40. The maximum absolute atomic E-state index is 12.5. The van der Waals surface area contributed by atoms with Crippen LogP contribution in [0.1, 0.15) is 11.5 Å². The van der Waals surface area contributed by atoms with Crippen LogP contribution in [0.4, 0.5) is 13.2 Å². The summed E-state index contributed by atoms with van der Waals surface area (Å²) in [6.45, 7) is 1.56. The van der Waals surface area contributed by atoms with Crippen LogP contribution in [0.3, 0.4) is 0 Å². The molecule has 3 nitrogen and oxygen atoms in total. The summed E-state index contributed by atoms with van der Waals surface area (Å²) >= 11 is 0. The number of aromatic nitrogens is 1. The number of alkyl halides is 3. The molecule has 0 aliphatic heterocycles. The Hall–Kier alpha value is -1.98. The van der Waals surface area contributed by atoms with Crippen molar-refractivity contribution in [3.05, 3.63) is 35.9 Å². The van der Waals surface area contributed by atoms with Crippen LogP contribution < -0.4 is 0 Å². The van der Waals surface area contributed by atoms with Crippen LogP contribution in [0.2, 0.25) is 0 Å². The van der Waals surface area contributed by atoms with Crippen molar-refractivity contribution in [3.63, 3.8) is 0 Å². The van der Waals surface area contributed by atoms with Crippen molar-refractivity contribution in [2.45, 2.75) is 13.1 Å². The smallest absolute Gasteiger partial charge is 0.416 e. The van der Waals surface area contributed by atoms with Crippen molar-refractivity contribution in [1.29, 1.82) is 0 Å². The maximum Gasteiger partial charge on any atom is 0.416 e. The molecule has 0 amide bonds. The summed E-state index contributed by atoms with van der Waals surface area (Å²) < 4.78 is 42.4. The monoisotopic (exact) mass is 243 g/mol. The molecule has 1 heterocycles. The first kappa shape index (κ1) is 11.5. The van der Waals surface area contributed by atoms with Crippen LogP contribution in [0.15, 0.2) is 28.9 Å². The van der Waals surface area contributed by atoms with Gasteiger partial charge in [0.1, 0.15) is 17.7 Å². The Bertz CT molecular complexity index is 546. The van der Waals surface area contributed by atoms with Crippen molar-refractivity contribution in [2.75, 3.05) is 0 Å². The molecule has 90 valence electrons. The van der Waals surface area contributed by atoms with Crippen LogP contribution >= 0.6 is 0 Å². The molecule has 2 rings (SSSR count). The predicted octanol–water partition coefficient (Wildman–Crippen LogP) is 3.37. The number of rotatable bonds is 1. The van der Waals surface area contributed by atoms with E-state index in [2.05, 4.69) is 4.98 Å². The molecule has 0 fully saturated rings. The molecule has 0 aliphatic rings. The highest BCUT2D eigenvalue weighted by molar-refractivity contribution is 5.67. The lowest BCUT2D eigenvalue weighted by molar-refractivity contribution is -0.137. The fourth-order valence-corrected chi connectivity index (χ4v) is 1.40. The van der Waals surface area contributed by atoms with E-state index in [1.54, 1.807) is 6.92 Å². The highest BCUT2D eigenvalue weighted by Crippen LogP contribution is 2.36. The minimum absolute atomic E-state index is 0.00308. The zero-order valence-corrected chi connectivity index (χ0v) is 8.75. The third-order valence-electron chi connectivity index (χ3n) is 2.22. The average molecular weight is 243 g/mol. The molecule has 0 atom stereocenters. The van der Waals surface area contributed by atoms with Crippen molar-refractivity contribution in [2.24, 2.45) is 0 Å². The molecular weight excluding hydrogens is 235 g/mol. The summed E-state index contributed by atoms with van der Waals surface area (Å²) in [7, 11) is 0. The molecule has 0 spiro atoms. The van der Waals surface area contributed by atoms with Gasteiger partial charge in [-0.3, -0.25) is 0 Å². The Balaban J connectivity index is 2.54. The van der Waals surface area contributed by atoms with E-state index >= 15 is 0 Å². The normalized spacial score (nSPS) is 11.8. The van der Waals surface area contributed by atoms with Gasteiger partial charge in [0, 0.05) is 12.5 Å². The number of halogens is 3. The predicted molar refractivity (Wildman–Crippen MR) is 53.3 cm³/mol. The van der Waals surface area contributed by atoms with E-state index in [-0.39, 0.29) is 17.0 Å². The van der Waals surface area contributed by atoms with Crippen LogP contribution in [-0.4, -0.2) is 10.1 Å². The summed E-state index contributed by atoms with van der Waals surface area (Å²) in [5.41, 5.74) is -0.672. The van der Waals surface area contributed by atoms with E-state index in [0.29, 0.717) is 5.89 Å². The van der Waals surface area contributed by atoms with Gasteiger partial charge in [-0.25, -0.2) is 4.98 Å². The van der Waals surface area contributed by atoms with Crippen molar-refractivity contribution in [3.8, 4) is 17.0 Å². The molecule has 0 aliphatic carbocycles. The standard InChI is InChI=1S/C11H8F3NO2/c1-6-15-9(5-17-6)8-4-7(11(12,13)14)2-3-10(8)16/h2-5,16H,1H3. The van der Waals surface area contributed by atoms with Gasteiger partial charge in [0.2, 0.25) is 0 Å². The largest absolute Gasteiger partial charge is 0.507 e. The van der Waals surface area contributed by atoms with Crippen LogP contribution in [0.25, 0.3) is 11.3 Å². The molecule has 0 radical (unpaired) electrons. The Morgan fingerprint density at radius 1 is 1.29 bits per heavy atom. The van der Waals surface area contributed by atoms with Crippen LogP contribution in [0.5, 0.6) is 5.75 Å². The highest BCUT2D eigenvalue weighted by Gasteiger charge is 2.31. The van der Waals surface area contributed by atoms with Gasteiger partial charge < -0.3 is 9.52 Å². The van der Waals surface area contributed by atoms with Crippen molar-refractivity contribution < 1.29 is 22.7 Å². The lowest BCUT2D eigenvalue weighted by atomic mass is 10.1. The number of benzene rings is 1. The molecule has 1 N–H and O–H groups in total. The van der Waals surface area contributed by atoms with E-state index in [9.17, 15) is 18.3 Å². The molecule has 1 aromatic heterocycles. The van der Waals surface area contributed by atoms with Gasteiger partial charge in [0.25, 0.3) is 0 Å². The number of aromatic hydroxyl groups is 1. The lowest BCUT2D eigenvalue weighted by Gasteiger charge is -2.08. The summed E-state index contributed by atoms with van der Waals surface area (Å²) in [5, 5.41) is 9.51. The summed E-state index contributed by atoms with van der Waals surface area (Å²) in [5.74, 6) is 0.0445. The zero-order chi connectivity index (χ0) is 12.6. The maximum atomic E-state index is 12.5. The third-order valence-corrected chi connectivity index (χ3v) is 2.22. The fraction of sp³-hybridized carbons (Fsp3) is 0.182. The van der Waals surface area contributed by atoms with Gasteiger partial charge in [-0.2, -0.15) is 13.2 Å². The molecule has 1 aromatic carbocycles. The Labute approximate surface area is 94.5 Å². The first-order valence-corrected chi connectivity index (χ1v) is 4.70. The molecule has 0 saturated heterocycles. The van der Waals surface area contributed by atoms with Crippen molar-refractivity contribution in [1.82, 2.24) is 4.98 Å². The van der Waals surface area contributed by atoms with Crippen LogP contribution in [0, 0.1) is 6.92 Å². The Morgan fingerprint density at radius 2 is 2.00 bits per heavy atom. The number of hydrogen-bond acceptors (Lipinski definition) is 3. The molecule has 0 saturated carbocycles. The SMILES string of the molecule is Cc1nc(-c2cc(C(F)(F)F)ccc2O)co1. The zero-order valence-electron chi connectivity index (χ0n) is 8.75. The second-order valence-electron chi connectivity index (χ2n) is 3.48. The summed E-state index contributed by atoms with van der Waals surface area (Å²) in [6.07, 6.45) is -3.26. The minimum atomic E-state index is -4.46. The van der Waals surface area contributed by atoms with E-state index in [1.165, 1.54) is 6.26 Å². The van der Waals surface area contributed by atoms with Gasteiger partial charge in [0.05, 0.1) is 5.56 Å². The van der Waals surface area contributed by atoms with E-state index in [1.807, 2.05) is 0 Å². The molecular formula is C11H8F3NO2. The first-order chi connectivity index (χ1) is 7.88. The Kier molecular flexibility index (Phi) is 2.57. The molecule has 6 heteroatoms. The third kappa shape index (κ3) is 2.25. The Morgan fingerprint density at radius 3 is 2.53 bits per heavy atom. The second-order valence-corrected chi connectivity index (χ2v) is 3.48. The highest BCUT2D eigenvalue weighted by atomic mass is 19.4. The lowest BCUT2D eigenvalue weighted by Crippen LogP contribution is -2.04.